The van der Waals surface area contributed by atoms with Crippen LogP contribution >= 0.6 is 0 Å². The lowest BCUT2D eigenvalue weighted by Crippen LogP contribution is -2.62. The number of nitrogens with zero attached hydrogens (tertiary/aromatic N) is 2. The molecule has 0 saturated carbocycles. The maximum Gasteiger partial charge on any atom is 0.408 e. The second kappa shape index (κ2) is 11.3. The number of amides is 4. The molecule has 0 aromatic rings. The van der Waals surface area contributed by atoms with Gasteiger partial charge < -0.3 is 20.3 Å². The highest BCUT2D eigenvalue weighted by Gasteiger charge is 2.42. The minimum absolute atomic E-state index is 0.117. The number of carbonyl (C=O) groups excluding carboxylic acids is 4. The topological polar surface area (TPSA) is 154 Å². The van der Waals surface area contributed by atoms with Crippen LogP contribution in [0.3, 0.4) is 0 Å². The fraction of sp³-hybridized carbons (Fsp3) is 0.810. The van der Waals surface area contributed by atoms with E-state index >= 15 is 0 Å². The summed E-state index contributed by atoms with van der Waals surface area (Å²) in [6, 6.07) is -1.74. The summed E-state index contributed by atoms with van der Waals surface area (Å²) in [5.41, 5.74) is -2.25. The molecular weight excluding hydrogens is 466 g/mol. The lowest BCUT2D eigenvalue weighted by atomic mass is 9.97. The molecular formula is C21H39N5O7S. The quantitative estimate of drug-likeness (QED) is 0.412. The second-order valence-electron chi connectivity index (χ2n) is 9.69. The fourth-order valence-corrected chi connectivity index (χ4v) is 3.92. The normalized spacial score (nSPS) is 19.2. The van der Waals surface area contributed by atoms with Crippen LogP contribution in [-0.2, 0) is 29.3 Å². The summed E-state index contributed by atoms with van der Waals surface area (Å²) in [6.07, 6.45) is 0.617. The molecule has 0 aromatic heterocycles. The molecule has 1 aliphatic heterocycles. The molecule has 196 valence electrons. The molecule has 12 nitrogen and oxygen atoms in total. The Bertz CT molecular complexity index is 884. The molecule has 0 bridgehead atoms. The summed E-state index contributed by atoms with van der Waals surface area (Å²) in [6.45, 7) is 10.2. The van der Waals surface area contributed by atoms with Crippen molar-refractivity contribution >= 4 is 34.0 Å². The molecule has 1 heterocycles. The molecule has 1 fully saturated rings. The lowest BCUT2D eigenvalue weighted by molar-refractivity contribution is -0.142. The molecule has 0 aromatic carbocycles. The van der Waals surface area contributed by atoms with Crippen molar-refractivity contribution < 1.29 is 32.3 Å². The predicted molar refractivity (Wildman–Crippen MR) is 126 cm³/mol. The van der Waals surface area contributed by atoms with Gasteiger partial charge in [-0.25, -0.2) is 9.52 Å². The van der Waals surface area contributed by atoms with E-state index in [0.29, 0.717) is 25.8 Å². The van der Waals surface area contributed by atoms with Gasteiger partial charge in [0, 0.05) is 20.6 Å². The van der Waals surface area contributed by atoms with E-state index in [1.54, 1.807) is 34.6 Å². The molecule has 1 rings (SSSR count). The van der Waals surface area contributed by atoms with Gasteiger partial charge in [0.25, 0.3) is 5.91 Å². The third-order valence-electron chi connectivity index (χ3n) is 5.55. The van der Waals surface area contributed by atoms with Gasteiger partial charge in [0.1, 0.15) is 23.2 Å². The van der Waals surface area contributed by atoms with Gasteiger partial charge in [-0.05, 0) is 53.4 Å². The van der Waals surface area contributed by atoms with Crippen LogP contribution in [0.25, 0.3) is 0 Å². The van der Waals surface area contributed by atoms with Crippen molar-refractivity contribution in [2.24, 2.45) is 0 Å². The Balaban J connectivity index is 2.97. The molecule has 1 saturated heterocycles. The van der Waals surface area contributed by atoms with Gasteiger partial charge in [-0.2, -0.15) is 12.7 Å². The maximum absolute atomic E-state index is 13.1. The van der Waals surface area contributed by atoms with Crippen LogP contribution in [0.4, 0.5) is 4.79 Å². The number of rotatable bonds is 9. The average molecular weight is 506 g/mol. The van der Waals surface area contributed by atoms with E-state index in [1.807, 2.05) is 4.72 Å². The third kappa shape index (κ3) is 7.83. The summed E-state index contributed by atoms with van der Waals surface area (Å²) in [5.74, 6) is -1.88. The van der Waals surface area contributed by atoms with E-state index in [2.05, 4.69) is 10.6 Å². The lowest BCUT2D eigenvalue weighted by Gasteiger charge is -2.33. The maximum atomic E-state index is 13.1. The first kappa shape index (κ1) is 29.6. The Labute approximate surface area is 202 Å². The van der Waals surface area contributed by atoms with Gasteiger partial charge >= 0.3 is 16.3 Å². The molecule has 13 heteroatoms. The van der Waals surface area contributed by atoms with Gasteiger partial charge in [-0.1, -0.05) is 13.8 Å². The van der Waals surface area contributed by atoms with Crippen molar-refractivity contribution in [1.29, 1.82) is 0 Å². The Morgan fingerprint density at radius 2 is 1.71 bits per heavy atom. The van der Waals surface area contributed by atoms with Crippen LogP contribution in [0.5, 0.6) is 0 Å². The standard InChI is InChI=1S/C21H39N5O7S/c1-9-14(22-19(30)33-20(3,4)5)17(28)26-13-11-12-15(26)16(27)23-21(6,10-2)18(29)24-34(31,32)25(7)8/h14-15H,9-13H2,1-8H3,(H,22,30)(H,23,27)(H,24,29)/t14-,15-,21-/m0/s1. The van der Waals surface area contributed by atoms with E-state index < -0.39 is 57.2 Å². The summed E-state index contributed by atoms with van der Waals surface area (Å²) in [4.78, 5) is 52.5. The van der Waals surface area contributed by atoms with Crippen molar-refractivity contribution in [2.75, 3.05) is 20.6 Å². The van der Waals surface area contributed by atoms with Crippen molar-refractivity contribution in [3.8, 4) is 0 Å². The monoisotopic (exact) mass is 505 g/mol. The number of hydrogen-bond donors (Lipinski definition) is 3. The first-order valence-electron chi connectivity index (χ1n) is 11.3. The number of alkyl carbamates (subject to hydrolysis) is 1. The molecule has 0 spiro atoms. The smallest absolute Gasteiger partial charge is 0.408 e. The zero-order chi connectivity index (χ0) is 26.5. The minimum atomic E-state index is -4.04. The number of nitrogens with one attached hydrogen (secondary N) is 3. The van der Waals surface area contributed by atoms with E-state index in [0.717, 1.165) is 4.31 Å². The first-order chi connectivity index (χ1) is 15.5. The second-order valence-corrected chi connectivity index (χ2v) is 11.6. The number of ether oxygens (including phenoxy) is 1. The molecule has 34 heavy (non-hydrogen) atoms. The largest absolute Gasteiger partial charge is 0.444 e. The van der Waals surface area contributed by atoms with Crippen molar-refractivity contribution in [3.05, 3.63) is 0 Å². The van der Waals surface area contributed by atoms with Crippen LogP contribution in [0.15, 0.2) is 0 Å². The molecule has 0 aliphatic carbocycles. The molecule has 3 atom stereocenters. The van der Waals surface area contributed by atoms with E-state index in [1.165, 1.54) is 25.9 Å². The summed E-state index contributed by atoms with van der Waals surface area (Å²) >= 11 is 0. The number of hydrogen-bond acceptors (Lipinski definition) is 7. The molecule has 4 amide bonds. The van der Waals surface area contributed by atoms with Gasteiger partial charge in [0.2, 0.25) is 11.8 Å². The molecule has 0 unspecified atom stereocenters. The highest BCUT2D eigenvalue weighted by atomic mass is 32.2. The Morgan fingerprint density at radius 1 is 1.12 bits per heavy atom. The van der Waals surface area contributed by atoms with Crippen molar-refractivity contribution in [2.45, 2.75) is 90.4 Å². The van der Waals surface area contributed by atoms with E-state index in [9.17, 15) is 27.6 Å². The van der Waals surface area contributed by atoms with E-state index in [-0.39, 0.29) is 6.42 Å². The molecule has 3 N–H and O–H groups in total. The Morgan fingerprint density at radius 3 is 2.18 bits per heavy atom. The molecule has 0 radical (unpaired) electrons. The van der Waals surface area contributed by atoms with Crippen LogP contribution in [-0.4, -0.2) is 85.3 Å². The van der Waals surface area contributed by atoms with Crippen molar-refractivity contribution in [1.82, 2.24) is 24.6 Å². The first-order valence-corrected chi connectivity index (χ1v) is 12.8. The van der Waals surface area contributed by atoms with Gasteiger partial charge in [-0.15, -0.1) is 0 Å². The van der Waals surface area contributed by atoms with Gasteiger partial charge in [0.05, 0.1) is 0 Å². The highest BCUT2D eigenvalue weighted by molar-refractivity contribution is 7.87. The SMILES string of the molecule is CC[C@H](NC(=O)OC(C)(C)C)C(=O)N1CCC[C@H]1C(=O)N[C@@](C)(CC)C(=O)NS(=O)(=O)N(C)C. The van der Waals surface area contributed by atoms with Gasteiger partial charge in [-0.3, -0.25) is 14.4 Å². The highest BCUT2D eigenvalue weighted by Crippen LogP contribution is 2.21. The van der Waals surface area contributed by atoms with Crippen LogP contribution in [0.1, 0.15) is 67.2 Å². The summed E-state index contributed by atoms with van der Waals surface area (Å²) in [5, 5.41) is 5.17. The zero-order valence-electron chi connectivity index (χ0n) is 21.4. The minimum Gasteiger partial charge on any atom is -0.444 e. The zero-order valence-corrected chi connectivity index (χ0v) is 22.2. The van der Waals surface area contributed by atoms with Crippen LogP contribution < -0.4 is 15.4 Å². The summed E-state index contributed by atoms with van der Waals surface area (Å²) < 4.78 is 32.1. The van der Waals surface area contributed by atoms with Crippen molar-refractivity contribution in [3.63, 3.8) is 0 Å². The van der Waals surface area contributed by atoms with Crippen LogP contribution in [0, 0.1) is 0 Å². The molecule has 1 aliphatic rings. The Kier molecular flexibility index (Phi) is 9.88. The fourth-order valence-electron chi connectivity index (χ4n) is 3.27. The summed E-state index contributed by atoms with van der Waals surface area (Å²) in [7, 11) is -1.50. The predicted octanol–water partition coefficient (Wildman–Crippen LogP) is 0.488. The van der Waals surface area contributed by atoms with Crippen LogP contribution in [0.2, 0.25) is 0 Å². The average Bonchev–Trinajstić information content (AvgIpc) is 3.19. The van der Waals surface area contributed by atoms with Gasteiger partial charge in [0.15, 0.2) is 0 Å². The van der Waals surface area contributed by atoms with E-state index in [4.69, 9.17) is 4.74 Å². The Hall–Kier alpha value is -2.41. The number of carbonyl (C=O) groups is 4. The number of likely N-dealkylation sites (tertiary alicyclic amines) is 1. The third-order valence-corrected chi connectivity index (χ3v) is 6.95.